The molecule has 1 aliphatic carbocycles. The molecule has 0 spiro atoms. The zero-order valence-corrected chi connectivity index (χ0v) is 16.2. The van der Waals surface area contributed by atoms with Crippen LogP contribution >= 0.6 is 0 Å². The van der Waals surface area contributed by atoms with Crippen molar-refractivity contribution in [3.63, 3.8) is 0 Å². The average molecular weight is 399 g/mol. The number of benzene rings is 1. The number of aromatic carboxylic acids is 1. The first kappa shape index (κ1) is 19.6. The van der Waals surface area contributed by atoms with Gasteiger partial charge >= 0.3 is 5.97 Å². The lowest BCUT2D eigenvalue weighted by atomic mass is 9.88. The molecule has 0 radical (unpaired) electrons. The molecule has 1 unspecified atom stereocenters. The molecule has 8 heteroatoms. The molecule has 2 aromatic rings. The highest BCUT2D eigenvalue weighted by Crippen LogP contribution is 2.36. The molecular formula is C21H25N3O5. The SMILES string of the molecule is O=C(O)c1cccc(C(=O)NC2(c3noc(C4CCCO4)n3)CCCCCC2)c1. The van der Waals surface area contributed by atoms with Crippen molar-refractivity contribution in [2.45, 2.75) is 63.0 Å². The van der Waals surface area contributed by atoms with E-state index in [2.05, 4.69) is 15.5 Å². The monoisotopic (exact) mass is 399 g/mol. The van der Waals surface area contributed by atoms with Gasteiger partial charge in [0.05, 0.1) is 5.56 Å². The number of ether oxygens (including phenoxy) is 1. The van der Waals surface area contributed by atoms with Gasteiger partial charge in [0.1, 0.15) is 11.6 Å². The maximum absolute atomic E-state index is 13.0. The molecule has 29 heavy (non-hydrogen) atoms. The van der Waals surface area contributed by atoms with Crippen LogP contribution in [-0.4, -0.2) is 33.7 Å². The van der Waals surface area contributed by atoms with Crippen LogP contribution in [0.3, 0.4) is 0 Å². The van der Waals surface area contributed by atoms with Crippen LogP contribution in [0.15, 0.2) is 28.8 Å². The summed E-state index contributed by atoms with van der Waals surface area (Å²) in [5, 5.41) is 16.5. The van der Waals surface area contributed by atoms with Gasteiger partial charge in [-0.25, -0.2) is 4.79 Å². The van der Waals surface area contributed by atoms with Gasteiger partial charge in [0, 0.05) is 12.2 Å². The van der Waals surface area contributed by atoms with E-state index in [-0.39, 0.29) is 17.6 Å². The minimum atomic E-state index is -1.07. The fourth-order valence-electron chi connectivity index (χ4n) is 4.15. The van der Waals surface area contributed by atoms with Crippen molar-refractivity contribution >= 4 is 11.9 Å². The van der Waals surface area contributed by atoms with Crippen LogP contribution in [0.25, 0.3) is 0 Å². The van der Waals surface area contributed by atoms with Gasteiger partial charge in [0.2, 0.25) is 0 Å². The standard InChI is InChI=1S/C21H25N3O5/c25-17(14-7-5-8-15(13-14)19(26)27)23-21(10-3-1-2-4-11-21)20-22-18(29-24-20)16-9-6-12-28-16/h5,7-8,13,16H,1-4,6,9-12H2,(H,23,25)(H,26,27). The molecule has 2 fully saturated rings. The largest absolute Gasteiger partial charge is 0.478 e. The highest BCUT2D eigenvalue weighted by molar-refractivity contribution is 5.97. The van der Waals surface area contributed by atoms with Crippen LogP contribution in [0.2, 0.25) is 0 Å². The maximum atomic E-state index is 13.0. The zero-order valence-electron chi connectivity index (χ0n) is 16.2. The summed E-state index contributed by atoms with van der Waals surface area (Å²) in [5.41, 5.74) is -0.350. The number of hydrogen-bond donors (Lipinski definition) is 2. The van der Waals surface area contributed by atoms with Crippen molar-refractivity contribution in [3.05, 3.63) is 47.1 Å². The molecule has 1 saturated carbocycles. The fourth-order valence-corrected chi connectivity index (χ4v) is 4.15. The third-order valence-corrected chi connectivity index (χ3v) is 5.76. The highest BCUT2D eigenvalue weighted by Gasteiger charge is 2.40. The first-order valence-electron chi connectivity index (χ1n) is 10.2. The molecule has 8 nitrogen and oxygen atoms in total. The summed E-state index contributed by atoms with van der Waals surface area (Å²) in [4.78, 5) is 28.9. The summed E-state index contributed by atoms with van der Waals surface area (Å²) in [5.74, 6) is -0.461. The van der Waals surface area contributed by atoms with Gasteiger partial charge < -0.3 is 19.7 Å². The lowest BCUT2D eigenvalue weighted by Gasteiger charge is -2.30. The fraction of sp³-hybridized carbons (Fsp3) is 0.524. The minimum Gasteiger partial charge on any atom is -0.478 e. The smallest absolute Gasteiger partial charge is 0.335 e. The zero-order chi connectivity index (χ0) is 20.3. The maximum Gasteiger partial charge on any atom is 0.335 e. The molecule has 2 aliphatic rings. The van der Waals surface area contributed by atoms with Crippen molar-refractivity contribution in [1.29, 1.82) is 0 Å². The first-order valence-corrected chi connectivity index (χ1v) is 10.2. The van der Waals surface area contributed by atoms with E-state index in [0.717, 1.165) is 38.5 Å². The molecule has 1 aromatic heterocycles. The Balaban J connectivity index is 1.62. The van der Waals surface area contributed by atoms with Crippen LogP contribution in [0.1, 0.15) is 89.9 Å². The number of amides is 1. The van der Waals surface area contributed by atoms with Crippen LogP contribution in [0, 0.1) is 0 Å². The van der Waals surface area contributed by atoms with Gasteiger partial charge in [-0.1, -0.05) is 36.9 Å². The normalized spacial score (nSPS) is 21.4. The van der Waals surface area contributed by atoms with Gasteiger partial charge in [0.25, 0.3) is 11.8 Å². The van der Waals surface area contributed by atoms with Gasteiger partial charge in [-0.2, -0.15) is 4.98 Å². The van der Waals surface area contributed by atoms with E-state index in [0.29, 0.717) is 36.7 Å². The summed E-state index contributed by atoms with van der Waals surface area (Å²) in [7, 11) is 0. The summed E-state index contributed by atoms with van der Waals surface area (Å²) >= 11 is 0. The Morgan fingerprint density at radius 3 is 2.55 bits per heavy atom. The van der Waals surface area contributed by atoms with Crippen LogP contribution in [0.5, 0.6) is 0 Å². The summed E-state index contributed by atoms with van der Waals surface area (Å²) in [6, 6.07) is 6.03. The Morgan fingerprint density at radius 1 is 1.10 bits per heavy atom. The van der Waals surface area contributed by atoms with Gasteiger partial charge in [-0.15, -0.1) is 0 Å². The van der Waals surface area contributed by atoms with E-state index in [1.54, 1.807) is 12.1 Å². The summed E-state index contributed by atoms with van der Waals surface area (Å²) < 4.78 is 11.1. The topological polar surface area (TPSA) is 115 Å². The molecule has 1 amide bonds. The summed E-state index contributed by atoms with van der Waals surface area (Å²) in [6.07, 6.45) is 7.11. The lowest BCUT2D eigenvalue weighted by molar-refractivity contribution is 0.0697. The highest BCUT2D eigenvalue weighted by atomic mass is 16.5. The number of rotatable bonds is 5. The number of carbonyl (C=O) groups is 2. The second-order valence-corrected chi connectivity index (χ2v) is 7.79. The third-order valence-electron chi connectivity index (χ3n) is 5.76. The molecule has 1 atom stereocenters. The van der Waals surface area contributed by atoms with E-state index < -0.39 is 11.5 Å². The Morgan fingerprint density at radius 2 is 1.86 bits per heavy atom. The van der Waals surface area contributed by atoms with Crippen molar-refractivity contribution in [2.75, 3.05) is 6.61 Å². The second kappa shape index (κ2) is 8.32. The van der Waals surface area contributed by atoms with Gasteiger partial charge in [-0.05, 0) is 43.9 Å². The van der Waals surface area contributed by atoms with E-state index >= 15 is 0 Å². The molecule has 154 valence electrons. The number of aromatic nitrogens is 2. The Kier molecular flexibility index (Phi) is 5.62. The molecule has 0 bridgehead atoms. The predicted octanol–water partition coefficient (Wildman–Crippen LogP) is 3.60. The molecule has 2 heterocycles. The minimum absolute atomic E-state index is 0.0767. The van der Waals surface area contributed by atoms with Crippen LogP contribution in [-0.2, 0) is 10.3 Å². The molecular weight excluding hydrogens is 374 g/mol. The predicted molar refractivity (Wildman–Crippen MR) is 102 cm³/mol. The van der Waals surface area contributed by atoms with E-state index in [9.17, 15) is 14.7 Å². The van der Waals surface area contributed by atoms with E-state index in [1.807, 2.05) is 0 Å². The average Bonchev–Trinajstić information content (AvgIpc) is 3.38. The Labute approximate surface area is 168 Å². The number of carbonyl (C=O) groups excluding carboxylic acids is 1. The van der Waals surface area contributed by atoms with Crippen molar-refractivity contribution < 1.29 is 24.0 Å². The number of nitrogens with one attached hydrogen (secondary N) is 1. The second-order valence-electron chi connectivity index (χ2n) is 7.79. The molecule has 1 aliphatic heterocycles. The molecule has 4 rings (SSSR count). The first-order chi connectivity index (χ1) is 14.1. The summed E-state index contributed by atoms with van der Waals surface area (Å²) in [6.45, 7) is 0.685. The van der Waals surface area contributed by atoms with Gasteiger partial charge in [-0.3, -0.25) is 4.79 Å². The molecule has 1 saturated heterocycles. The van der Waals surface area contributed by atoms with Crippen molar-refractivity contribution in [1.82, 2.24) is 15.5 Å². The third kappa shape index (κ3) is 4.17. The Hall–Kier alpha value is -2.74. The number of carboxylic acids is 1. The van der Waals surface area contributed by atoms with Crippen LogP contribution in [0.4, 0.5) is 0 Å². The molecule has 2 N–H and O–H groups in total. The Bertz CT molecular complexity index is 880. The number of nitrogens with zero attached hydrogens (tertiary/aromatic N) is 2. The number of carboxylic acid groups (broad SMARTS) is 1. The molecule has 1 aromatic carbocycles. The van der Waals surface area contributed by atoms with E-state index in [1.165, 1.54) is 12.1 Å². The van der Waals surface area contributed by atoms with Crippen molar-refractivity contribution in [2.24, 2.45) is 0 Å². The number of hydrogen-bond acceptors (Lipinski definition) is 6. The quantitative estimate of drug-likeness (QED) is 0.738. The van der Waals surface area contributed by atoms with E-state index in [4.69, 9.17) is 9.26 Å². The van der Waals surface area contributed by atoms with Gasteiger partial charge in [0.15, 0.2) is 5.82 Å². The lowest BCUT2D eigenvalue weighted by Crippen LogP contribution is -2.46. The van der Waals surface area contributed by atoms with Crippen molar-refractivity contribution in [3.8, 4) is 0 Å². The van der Waals surface area contributed by atoms with Crippen LogP contribution < -0.4 is 5.32 Å².